The Bertz CT molecular complexity index is 941. The van der Waals surface area contributed by atoms with Crippen LogP contribution in [-0.2, 0) is 9.32 Å². The molecule has 1 fully saturated rings. The average Bonchev–Trinajstić information content (AvgIpc) is 3.22. The first kappa shape index (κ1) is 25.6. The van der Waals surface area contributed by atoms with E-state index in [1.807, 2.05) is 0 Å². The molecule has 35 heavy (non-hydrogen) atoms. The van der Waals surface area contributed by atoms with E-state index in [0.29, 0.717) is 6.42 Å². The molecule has 4 rings (SSSR count). The van der Waals surface area contributed by atoms with Gasteiger partial charge in [0.05, 0.1) is 0 Å². The predicted molar refractivity (Wildman–Crippen MR) is 151 cm³/mol. The Labute approximate surface area is 212 Å². The van der Waals surface area contributed by atoms with Gasteiger partial charge in [0.15, 0.2) is 0 Å². The Morgan fingerprint density at radius 2 is 1.14 bits per heavy atom. The van der Waals surface area contributed by atoms with Crippen molar-refractivity contribution in [1.29, 1.82) is 0 Å². The fraction of sp³-hybridized carbons (Fsp3) is 0.406. The van der Waals surface area contributed by atoms with Gasteiger partial charge in [-0.25, -0.2) is 0 Å². The van der Waals surface area contributed by atoms with Gasteiger partial charge in [-0.1, -0.05) is 0 Å². The van der Waals surface area contributed by atoms with E-state index in [2.05, 4.69) is 97.9 Å². The normalized spacial score (nSPS) is 16.1. The van der Waals surface area contributed by atoms with Gasteiger partial charge >= 0.3 is 212 Å². The summed E-state index contributed by atoms with van der Waals surface area (Å²) in [5.74, 6) is -0.0421. The maximum absolute atomic E-state index is 13.9. The number of benzene rings is 3. The number of carbonyl (C=O) groups is 1. The van der Waals surface area contributed by atoms with Crippen LogP contribution in [0.1, 0.15) is 77.6 Å². The van der Waals surface area contributed by atoms with Gasteiger partial charge in [-0.3, -0.25) is 0 Å². The van der Waals surface area contributed by atoms with Gasteiger partial charge in [0.1, 0.15) is 0 Å². The molecule has 0 N–H and O–H groups in total. The Morgan fingerprint density at radius 3 is 1.57 bits per heavy atom. The molecule has 186 valence electrons. The zero-order valence-corrected chi connectivity index (χ0v) is 22.2. The summed E-state index contributed by atoms with van der Waals surface area (Å²) in [6, 6.07) is 32.3. The number of carbonyl (C=O) groups excluding carboxylic acids is 1. The molecule has 0 aliphatic heterocycles. The van der Waals surface area contributed by atoms with Crippen LogP contribution in [0.3, 0.4) is 0 Å². The van der Waals surface area contributed by atoms with Gasteiger partial charge in [0, 0.05) is 0 Å². The second-order valence-electron chi connectivity index (χ2n) is 10.0. The predicted octanol–water partition coefficient (Wildman–Crippen LogP) is 7.67. The van der Waals surface area contributed by atoms with Crippen LogP contribution in [0.4, 0.5) is 0 Å². The molecule has 0 atom stereocenters. The zero-order chi connectivity index (χ0) is 24.4. The van der Waals surface area contributed by atoms with Gasteiger partial charge < -0.3 is 0 Å². The van der Waals surface area contributed by atoms with E-state index in [-0.39, 0.29) is 11.6 Å². The fourth-order valence-corrected chi connectivity index (χ4v) is 13.0. The van der Waals surface area contributed by atoms with Crippen LogP contribution in [0.5, 0.6) is 0 Å². The summed E-state index contributed by atoms with van der Waals surface area (Å²) in [5, 5.41) is 3.55. The second-order valence-corrected chi connectivity index (χ2v) is 14.7. The Kier molecular flexibility index (Phi) is 8.79. The first-order valence-corrected chi connectivity index (χ1v) is 15.9. The van der Waals surface area contributed by atoms with Crippen LogP contribution in [0.15, 0.2) is 91.0 Å². The molecule has 3 heteroatoms. The van der Waals surface area contributed by atoms with E-state index in [0.717, 1.165) is 38.5 Å². The second kappa shape index (κ2) is 12.0. The van der Waals surface area contributed by atoms with Gasteiger partial charge in [-0.05, 0) is 0 Å². The molecule has 2 nitrogen and oxygen atoms in total. The first-order chi connectivity index (χ1) is 17.2. The van der Waals surface area contributed by atoms with Crippen molar-refractivity contribution in [2.75, 3.05) is 0 Å². The van der Waals surface area contributed by atoms with E-state index >= 15 is 0 Å². The molecule has 0 saturated heterocycles. The molecule has 0 amide bonds. The van der Waals surface area contributed by atoms with Crippen molar-refractivity contribution in [3.63, 3.8) is 0 Å². The summed E-state index contributed by atoms with van der Waals surface area (Å²) >= 11 is 0. The van der Waals surface area contributed by atoms with Crippen LogP contribution < -0.4 is 15.9 Å². The van der Waals surface area contributed by atoms with E-state index < -0.39 is 6.83 Å². The molecule has 0 radical (unpaired) electrons. The summed E-state index contributed by atoms with van der Waals surface area (Å²) in [7, 11) is 0. The number of rotatable bonds is 10. The number of hydrogen-bond acceptors (Lipinski definition) is 2. The molecule has 0 unspecified atom stereocenters. The minimum absolute atomic E-state index is 0.0421. The third-order valence-corrected chi connectivity index (χ3v) is 14.3. The number of hydrogen-bond donors (Lipinski definition) is 0. The Balaban J connectivity index is 2.01. The summed E-state index contributed by atoms with van der Waals surface area (Å²) < 4.78 is 7.25. The van der Waals surface area contributed by atoms with Crippen molar-refractivity contribution in [2.45, 2.75) is 83.2 Å². The molecule has 0 heterocycles. The van der Waals surface area contributed by atoms with Gasteiger partial charge in [-0.15, -0.1) is 0 Å². The van der Waals surface area contributed by atoms with Crippen molar-refractivity contribution in [3.8, 4) is 0 Å². The van der Waals surface area contributed by atoms with Crippen molar-refractivity contribution < 1.29 is 9.32 Å². The van der Waals surface area contributed by atoms with Crippen LogP contribution >= 0.6 is 6.83 Å². The maximum atomic E-state index is 13.9. The molecule has 1 saturated carbocycles. The van der Waals surface area contributed by atoms with Crippen LogP contribution in [0.2, 0.25) is 0 Å². The summed E-state index contributed by atoms with van der Waals surface area (Å²) in [5.41, 5.74) is 0.273. The molecular weight excluding hydrogens is 447 g/mol. The Hall–Kier alpha value is -2.44. The van der Waals surface area contributed by atoms with Gasteiger partial charge in [0.25, 0.3) is 0 Å². The average molecular weight is 489 g/mol. The SMILES string of the molecule is CCCCCCC(=O)OP(c1ccccc1)(c1ccccc1)(c1ccccc1)C1CCCCCC1. The van der Waals surface area contributed by atoms with E-state index in [1.54, 1.807) is 0 Å². The van der Waals surface area contributed by atoms with Crippen molar-refractivity contribution in [1.82, 2.24) is 0 Å². The van der Waals surface area contributed by atoms with E-state index in [1.165, 1.54) is 41.6 Å². The third-order valence-electron chi connectivity index (χ3n) is 7.85. The quantitative estimate of drug-likeness (QED) is 0.166. The molecule has 3 aromatic carbocycles. The van der Waals surface area contributed by atoms with Crippen molar-refractivity contribution in [3.05, 3.63) is 91.0 Å². The number of unbranched alkanes of at least 4 members (excludes halogenated alkanes) is 3. The first-order valence-electron chi connectivity index (χ1n) is 13.6. The summed E-state index contributed by atoms with van der Waals surface area (Å²) in [6.45, 7) is -1.41. The van der Waals surface area contributed by atoms with Crippen molar-refractivity contribution in [2.24, 2.45) is 0 Å². The topological polar surface area (TPSA) is 26.3 Å². The minimum atomic E-state index is -3.62. The molecule has 1 aliphatic carbocycles. The monoisotopic (exact) mass is 488 g/mol. The van der Waals surface area contributed by atoms with E-state index in [4.69, 9.17) is 4.52 Å². The molecule has 0 aromatic heterocycles. The summed E-state index contributed by atoms with van der Waals surface area (Å²) in [6.07, 6.45) is 11.8. The van der Waals surface area contributed by atoms with Crippen molar-refractivity contribution >= 4 is 28.7 Å². The molecular formula is C32H41O2P. The third kappa shape index (κ3) is 4.96. The molecule has 3 aromatic rings. The zero-order valence-electron chi connectivity index (χ0n) is 21.3. The van der Waals surface area contributed by atoms with Crippen LogP contribution in [0, 0.1) is 0 Å². The molecule has 1 aliphatic rings. The summed E-state index contributed by atoms with van der Waals surface area (Å²) in [4.78, 5) is 13.9. The van der Waals surface area contributed by atoms with E-state index in [9.17, 15) is 4.79 Å². The Morgan fingerprint density at radius 1 is 0.686 bits per heavy atom. The van der Waals surface area contributed by atoms with Crippen LogP contribution in [-0.4, -0.2) is 11.6 Å². The van der Waals surface area contributed by atoms with Gasteiger partial charge in [0.2, 0.25) is 0 Å². The fourth-order valence-electron chi connectivity index (χ4n) is 6.19. The van der Waals surface area contributed by atoms with Crippen LogP contribution in [0.25, 0.3) is 0 Å². The molecule has 0 bridgehead atoms. The molecule has 0 spiro atoms. The van der Waals surface area contributed by atoms with Gasteiger partial charge in [-0.2, -0.15) is 0 Å². The standard InChI is InChI=1S/C32H41O2P/c1-2-3-4-18-27-32(33)34-35(29-21-12-7-13-22-29,30-23-14-8-15-24-30,31-25-16-9-17-26-31)28-19-10-5-6-11-20-28/h7-9,12-17,21-26,28H,2-6,10-11,18-20,27H2,1H3.